The molecule has 0 fully saturated rings. The van der Waals surface area contributed by atoms with Crippen molar-refractivity contribution in [2.45, 2.75) is 31.4 Å². The van der Waals surface area contributed by atoms with Crippen molar-refractivity contribution in [1.29, 1.82) is 5.26 Å². The number of rotatable bonds is 3. The molecule has 3 nitrogen and oxygen atoms in total. The molecule has 1 unspecified atom stereocenters. The summed E-state index contributed by atoms with van der Waals surface area (Å²) in [6.45, 7) is 4.87. The van der Waals surface area contributed by atoms with Crippen LogP contribution in [-0.4, -0.2) is 19.5 Å². The molecule has 1 N–H and O–H groups in total. The molecule has 0 saturated heterocycles. The molecule has 2 rings (SSSR count). The van der Waals surface area contributed by atoms with E-state index in [9.17, 15) is 18.4 Å². The first-order chi connectivity index (χ1) is 9.61. The number of aromatic nitrogens is 1. The highest BCUT2D eigenvalue weighted by Gasteiger charge is 2.60. The van der Waals surface area contributed by atoms with Crippen molar-refractivity contribution in [2.24, 2.45) is 0 Å². The molecule has 21 heavy (non-hydrogen) atoms. The van der Waals surface area contributed by atoms with E-state index < -0.39 is 20.1 Å². The minimum absolute atomic E-state index is 0.185. The van der Waals surface area contributed by atoms with Crippen LogP contribution in [0.15, 0.2) is 30.5 Å². The molecule has 1 aromatic carbocycles. The lowest BCUT2D eigenvalue weighted by Gasteiger charge is -2.34. The molecule has 112 valence electrons. The van der Waals surface area contributed by atoms with E-state index in [2.05, 4.69) is 4.98 Å². The molecule has 2 aromatic rings. The van der Waals surface area contributed by atoms with E-state index >= 15 is 0 Å². The van der Waals surface area contributed by atoms with Gasteiger partial charge in [-0.1, -0.05) is 18.2 Å². The van der Waals surface area contributed by atoms with Crippen molar-refractivity contribution < 1.29 is 17.6 Å². The van der Waals surface area contributed by atoms with Crippen LogP contribution in [0.2, 0.25) is 19.6 Å². The molecular formula is C14H15F3N2OSi. The van der Waals surface area contributed by atoms with Gasteiger partial charge in [0.1, 0.15) is 6.07 Å². The van der Waals surface area contributed by atoms with Crippen molar-refractivity contribution in [3.8, 4) is 6.07 Å². The Morgan fingerprint density at radius 2 is 1.81 bits per heavy atom. The third-order valence-electron chi connectivity index (χ3n) is 2.98. The monoisotopic (exact) mass is 312 g/mol. The fourth-order valence-corrected chi connectivity index (χ4v) is 3.42. The Labute approximate surface area is 121 Å². The number of nitrogens with one attached hydrogen (secondary N) is 1. The molecular weight excluding hydrogens is 297 g/mol. The maximum absolute atomic E-state index is 13.7. The summed E-state index contributed by atoms with van der Waals surface area (Å²) in [5.74, 6) is 0. The fourth-order valence-electron chi connectivity index (χ4n) is 2.23. The summed E-state index contributed by atoms with van der Waals surface area (Å²) in [4.78, 5) is 2.77. The zero-order valence-electron chi connectivity index (χ0n) is 11.9. The average molecular weight is 312 g/mol. The molecule has 0 aliphatic heterocycles. The smallest absolute Gasteiger partial charge is 0.390 e. The van der Waals surface area contributed by atoms with E-state index in [-0.39, 0.29) is 5.56 Å². The van der Waals surface area contributed by atoms with E-state index in [1.165, 1.54) is 12.3 Å². The van der Waals surface area contributed by atoms with Crippen LogP contribution in [0, 0.1) is 11.3 Å². The van der Waals surface area contributed by atoms with E-state index in [1.807, 2.05) is 0 Å². The lowest BCUT2D eigenvalue weighted by Crippen LogP contribution is -2.49. The number of halogens is 3. The molecule has 7 heteroatoms. The second kappa shape index (κ2) is 4.89. The Morgan fingerprint density at radius 3 is 2.33 bits per heavy atom. The average Bonchev–Trinajstić information content (AvgIpc) is 2.77. The van der Waals surface area contributed by atoms with Crippen LogP contribution in [0.4, 0.5) is 13.2 Å². The van der Waals surface area contributed by atoms with E-state index in [4.69, 9.17) is 4.43 Å². The predicted molar refractivity (Wildman–Crippen MR) is 76.1 cm³/mol. The molecule has 0 saturated carbocycles. The van der Waals surface area contributed by atoms with Gasteiger partial charge in [-0.15, -0.1) is 0 Å². The fraction of sp³-hybridized carbons (Fsp3) is 0.357. The Morgan fingerprint density at radius 1 is 1.19 bits per heavy atom. The van der Waals surface area contributed by atoms with Gasteiger partial charge >= 0.3 is 6.18 Å². The summed E-state index contributed by atoms with van der Waals surface area (Å²) in [6.07, 6.45) is -3.62. The molecule has 0 radical (unpaired) electrons. The molecule has 0 amide bonds. The largest absolute Gasteiger partial charge is 0.434 e. The number of hydrogen-bond donors (Lipinski definition) is 1. The van der Waals surface area contributed by atoms with Crippen LogP contribution >= 0.6 is 0 Å². The quantitative estimate of drug-likeness (QED) is 0.859. The van der Waals surface area contributed by atoms with Crippen LogP contribution in [0.25, 0.3) is 10.9 Å². The van der Waals surface area contributed by atoms with Crippen LogP contribution in [0.3, 0.4) is 0 Å². The zero-order valence-corrected chi connectivity index (χ0v) is 12.9. The Hall–Kier alpha value is -1.78. The van der Waals surface area contributed by atoms with Gasteiger partial charge in [0.15, 0.2) is 8.32 Å². The van der Waals surface area contributed by atoms with Crippen LogP contribution in [0.5, 0.6) is 0 Å². The highest BCUT2D eigenvalue weighted by Crippen LogP contribution is 2.46. The van der Waals surface area contributed by atoms with Gasteiger partial charge in [-0.25, -0.2) is 0 Å². The lowest BCUT2D eigenvalue weighted by molar-refractivity contribution is -0.233. The molecule has 1 aromatic heterocycles. The second-order valence-corrected chi connectivity index (χ2v) is 10.2. The maximum atomic E-state index is 13.7. The van der Waals surface area contributed by atoms with Gasteiger partial charge in [-0.2, -0.15) is 18.4 Å². The number of nitriles is 1. The zero-order chi connectivity index (χ0) is 15.9. The minimum atomic E-state index is -4.83. The summed E-state index contributed by atoms with van der Waals surface area (Å²) in [7, 11) is -2.62. The van der Waals surface area contributed by atoms with Gasteiger partial charge in [0.25, 0.3) is 5.60 Å². The van der Waals surface area contributed by atoms with Crippen LogP contribution < -0.4 is 0 Å². The van der Waals surface area contributed by atoms with Gasteiger partial charge in [0.2, 0.25) is 0 Å². The standard InChI is InChI=1S/C14H15F3N2OSi/c1-21(2,3)20-13(9-18,14(15,16)17)11-8-19-12-7-5-4-6-10(11)12/h4-8,19H,1-3H3. The molecule has 0 spiro atoms. The molecule has 0 aliphatic carbocycles. The van der Waals surface area contributed by atoms with Crippen molar-refractivity contribution in [3.63, 3.8) is 0 Å². The number of fused-ring (bicyclic) bond motifs is 1. The van der Waals surface area contributed by atoms with Crippen LogP contribution in [0.1, 0.15) is 5.56 Å². The molecule has 0 bridgehead atoms. The third kappa shape index (κ3) is 2.69. The Kier molecular flexibility index (Phi) is 3.64. The highest BCUT2D eigenvalue weighted by atomic mass is 28.4. The third-order valence-corrected chi connectivity index (χ3v) is 3.90. The summed E-state index contributed by atoms with van der Waals surface area (Å²) in [5.41, 5.74) is -2.59. The minimum Gasteiger partial charge on any atom is -0.390 e. The summed E-state index contributed by atoms with van der Waals surface area (Å²) in [6, 6.07) is 7.92. The number of aromatic amines is 1. The topological polar surface area (TPSA) is 48.8 Å². The molecule has 1 atom stereocenters. The SMILES string of the molecule is C[Si](C)(C)OC(C#N)(c1c[nH]c2ccccc12)C(F)(F)F. The first kappa shape index (κ1) is 15.6. The van der Waals surface area contributed by atoms with Crippen LogP contribution in [-0.2, 0) is 10.0 Å². The van der Waals surface area contributed by atoms with Crippen molar-refractivity contribution in [1.82, 2.24) is 4.98 Å². The Balaban J connectivity index is 2.74. The lowest BCUT2D eigenvalue weighted by atomic mass is 9.94. The number of alkyl halides is 3. The number of nitrogens with zero attached hydrogens (tertiary/aromatic N) is 1. The van der Waals surface area contributed by atoms with E-state index in [0.29, 0.717) is 10.9 Å². The van der Waals surface area contributed by atoms with E-state index in [1.54, 1.807) is 43.9 Å². The first-order valence-electron chi connectivity index (χ1n) is 6.35. The van der Waals surface area contributed by atoms with Crippen molar-refractivity contribution in [2.75, 3.05) is 0 Å². The second-order valence-electron chi connectivity index (χ2n) is 5.75. The van der Waals surface area contributed by atoms with Crippen molar-refractivity contribution >= 4 is 19.2 Å². The van der Waals surface area contributed by atoms with Gasteiger partial charge in [0.05, 0.1) is 0 Å². The van der Waals surface area contributed by atoms with Gasteiger partial charge in [0, 0.05) is 22.7 Å². The van der Waals surface area contributed by atoms with Gasteiger partial charge in [-0.05, 0) is 25.7 Å². The van der Waals surface area contributed by atoms with Gasteiger partial charge in [-0.3, -0.25) is 0 Å². The maximum Gasteiger partial charge on any atom is 0.434 e. The number of benzene rings is 1. The number of H-pyrrole nitrogens is 1. The summed E-state index contributed by atoms with van der Waals surface area (Å²) < 4.78 is 46.3. The van der Waals surface area contributed by atoms with E-state index in [0.717, 1.165) is 0 Å². The summed E-state index contributed by atoms with van der Waals surface area (Å²) in [5, 5.41) is 9.66. The highest BCUT2D eigenvalue weighted by molar-refractivity contribution is 6.69. The number of para-hydroxylation sites is 1. The normalized spacial score (nSPS) is 15.7. The molecule has 0 aliphatic rings. The Bertz CT molecular complexity index is 697. The molecule has 1 heterocycles. The summed E-state index contributed by atoms with van der Waals surface area (Å²) >= 11 is 0. The van der Waals surface area contributed by atoms with Crippen molar-refractivity contribution in [3.05, 3.63) is 36.0 Å². The van der Waals surface area contributed by atoms with Gasteiger partial charge < -0.3 is 9.41 Å². The first-order valence-corrected chi connectivity index (χ1v) is 9.76. The predicted octanol–water partition coefficient (Wildman–Crippen LogP) is 4.30. The number of hydrogen-bond acceptors (Lipinski definition) is 2.